The summed E-state index contributed by atoms with van der Waals surface area (Å²) in [6, 6.07) is 1.36. The van der Waals surface area contributed by atoms with Crippen molar-refractivity contribution in [3.63, 3.8) is 0 Å². The second-order valence-electron chi connectivity index (χ2n) is 5.56. The summed E-state index contributed by atoms with van der Waals surface area (Å²) >= 11 is 0. The molecule has 10 heteroatoms. The van der Waals surface area contributed by atoms with E-state index in [4.69, 9.17) is 9.84 Å². The molecule has 1 aliphatic rings. The number of rotatable bonds is 6. The zero-order valence-corrected chi connectivity index (χ0v) is 13.4. The Labute approximate surface area is 141 Å². The third-order valence-corrected chi connectivity index (χ3v) is 3.86. The predicted molar refractivity (Wildman–Crippen MR) is 78.9 cm³/mol. The van der Waals surface area contributed by atoms with Gasteiger partial charge in [0.15, 0.2) is 0 Å². The quantitative estimate of drug-likeness (QED) is 0.752. The first-order chi connectivity index (χ1) is 11.7. The molecule has 0 radical (unpaired) electrons. The van der Waals surface area contributed by atoms with Crippen molar-refractivity contribution in [1.29, 1.82) is 0 Å². The van der Waals surface area contributed by atoms with Gasteiger partial charge in [0.25, 0.3) is 5.92 Å². The highest BCUT2D eigenvalue weighted by molar-refractivity contribution is 5.43. The summed E-state index contributed by atoms with van der Waals surface area (Å²) in [5, 5.41) is 12.1. The van der Waals surface area contributed by atoms with Crippen molar-refractivity contribution in [2.24, 2.45) is 0 Å². The third-order valence-electron chi connectivity index (χ3n) is 3.86. The van der Waals surface area contributed by atoms with Crippen molar-refractivity contribution in [3.8, 4) is 11.5 Å². The Bertz CT molecular complexity index is 577. The summed E-state index contributed by atoms with van der Waals surface area (Å²) in [7, 11) is 1.23. The summed E-state index contributed by atoms with van der Waals surface area (Å²) in [6.45, 7) is -0.0746. The smallest absolute Gasteiger partial charge is 0.496 e. The van der Waals surface area contributed by atoms with E-state index in [0.29, 0.717) is 13.1 Å². The third kappa shape index (κ3) is 4.93. The fourth-order valence-corrected chi connectivity index (χ4v) is 2.84. The highest BCUT2D eigenvalue weighted by Crippen LogP contribution is 2.42. The Morgan fingerprint density at radius 2 is 1.84 bits per heavy atom. The molecule has 1 atom stereocenters. The summed E-state index contributed by atoms with van der Waals surface area (Å²) in [6.07, 6.45) is -4.95. The van der Waals surface area contributed by atoms with Crippen molar-refractivity contribution < 1.29 is 36.5 Å². The number of benzene rings is 1. The Morgan fingerprint density at radius 3 is 2.36 bits per heavy atom. The Morgan fingerprint density at radius 1 is 1.20 bits per heavy atom. The van der Waals surface area contributed by atoms with Gasteiger partial charge in [-0.25, -0.2) is 8.78 Å². The average Bonchev–Trinajstić information content (AvgIpc) is 2.55. The van der Waals surface area contributed by atoms with Gasteiger partial charge in [-0.3, -0.25) is 4.90 Å². The van der Waals surface area contributed by atoms with Crippen LogP contribution in [0.15, 0.2) is 18.2 Å². The van der Waals surface area contributed by atoms with Crippen molar-refractivity contribution in [2.75, 3.05) is 39.9 Å². The maximum Gasteiger partial charge on any atom is 0.573 e. The SMILES string of the molecule is COc1ccc(OC(F)(F)F)cc1[C@H](N1CCNCC1)C(F)(F)CO. The molecule has 25 heavy (non-hydrogen) atoms. The number of halogens is 5. The first-order valence-corrected chi connectivity index (χ1v) is 7.55. The molecule has 0 aromatic heterocycles. The molecule has 5 nitrogen and oxygen atoms in total. The van der Waals surface area contributed by atoms with Crippen LogP contribution in [0.1, 0.15) is 11.6 Å². The van der Waals surface area contributed by atoms with E-state index in [1.807, 2.05) is 0 Å². The van der Waals surface area contributed by atoms with Crippen LogP contribution < -0.4 is 14.8 Å². The maximum atomic E-state index is 14.4. The van der Waals surface area contributed by atoms with Gasteiger partial charge in [0, 0.05) is 31.7 Å². The minimum atomic E-state index is -4.95. The topological polar surface area (TPSA) is 54.0 Å². The summed E-state index contributed by atoms with van der Waals surface area (Å²) in [5.41, 5.74) is -0.176. The fourth-order valence-electron chi connectivity index (χ4n) is 2.84. The fraction of sp³-hybridized carbons (Fsp3) is 0.600. The molecule has 2 N–H and O–H groups in total. The molecule has 0 saturated carbocycles. The number of ether oxygens (including phenoxy) is 2. The second-order valence-corrected chi connectivity index (χ2v) is 5.56. The van der Waals surface area contributed by atoms with Crippen LogP contribution in [0.4, 0.5) is 22.0 Å². The molecule has 1 fully saturated rings. The number of aliphatic hydroxyl groups is 1. The van der Waals surface area contributed by atoms with E-state index in [9.17, 15) is 22.0 Å². The van der Waals surface area contributed by atoms with E-state index < -0.39 is 30.7 Å². The molecule has 1 aliphatic heterocycles. The normalized spacial score (nSPS) is 18.0. The first kappa shape index (κ1) is 19.7. The number of alkyl halides is 5. The summed E-state index contributed by atoms with van der Waals surface area (Å²) < 4.78 is 75.1. The van der Waals surface area contributed by atoms with E-state index >= 15 is 0 Å². The zero-order valence-electron chi connectivity index (χ0n) is 13.4. The van der Waals surface area contributed by atoms with Crippen molar-refractivity contribution in [1.82, 2.24) is 10.2 Å². The predicted octanol–water partition coefficient (Wildman–Crippen LogP) is 2.17. The standard InChI is InChI=1S/C15H19F5N2O3/c1-24-12-3-2-10(25-15(18,19)20)8-11(12)13(14(16,17)9-23)22-6-4-21-5-7-22/h2-3,8,13,21,23H,4-7,9H2,1H3/t13-/m0/s1. The summed E-state index contributed by atoms with van der Waals surface area (Å²) in [5.74, 6) is -4.22. The number of methoxy groups -OCH3 is 1. The van der Waals surface area contributed by atoms with Gasteiger partial charge in [-0.05, 0) is 18.2 Å². The molecule has 1 aromatic rings. The van der Waals surface area contributed by atoms with Crippen LogP contribution >= 0.6 is 0 Å². The maximum absolute atomic E-state index is 14.4. The van der Waals surface area contributed by atoms with E-state index in [1.165, 1.54) is 12.0 Å². The number of piperazine rings is 1. The number of aliphatic hydroxyl groups excluding tert-OH is 1. The Balaban J connectivity index is 2.48. The van der Waals surface area contributed by atoms with Crippen LogP contribution in [0.2, 0.25) is 0 Å². The molecule has 0 unspecified atom stereocenters. The van der Waals surface area contributed by atoms with Gasteiger partial charge in [-0.1, -0.05) is 0 Å². The molecule has 0 bridgehead atoms. The van der Waals surface area contributed by atoms with Crippen LogP contribution in [0.3, 0.4) is 0 Å². The molecule has 1 heterocycles. The van der Waals surface area contributed by atoms with E-state index in [1.54, 1.807) is 0 Å². The molecule has 0 aliphatic carbocycles. The molecule has 0 amide bonds. The highest BCUT2D eigenvalue weighted by atomic mass is 19.4. The lowest BCUT2D eigenvalue weighted by atomic mass is 9.97. The van der Waals surface area contributed by atoms with Gasteiger partial charge in [-0.15, -0.1) is 13.2 Å². The zero-order chi connectivity index (χ0) is 18.7. The molecule has 2 rings (SSSR count). The van der Waals surface area contributed by atoms with Crippen LogP contribution in [0.5, 0.6) is 11.5 Å². The van der Waals surface area contributed by atoms with Gasteiger partial charge in [-0.2, -0.15) is 0 Å². The molecule has 142 valence electrons. The number of hydrogen-bond acceptors (Lipinski definition) is 5. The van der Waals surface area contributed by atoms with Gasteiger partial charge in [0.05, 0.1) is 7.11 Å². The van der Waals surface area contributed by atoms with Gasteiger partial charge < -0.3 is 19.9 Å². The minimum absolute atomic E-state index is 0.00816. The number of nitrogens with one attached hydrogen (secondary N) is 1. The van der Waals surface area contributed by atoms with Gasteiger partial charge in [0.2, 0.25) is 0 Å². The molecule has 1 aromatic carbocycles. The largest absolute Gasteiger partial charge is 0.573 e. The van der Waals surface area contributed by atoms with Crippen LogP contribution in [-0.2, 0) is 0 Å². The van der Waals surface area contributed by atoms with E-state index in [2.05, 4.69) is 10.1 Å². The van der Waals surface area contributed by atoms with E-state index in [-0.39, 0.29) is 24.4 Å². The lowest BCUT2D eigenvalue weighted by molar-refractivity contribution is -0.274. The molecule has 0 spiro atoms. The first-order valence-electron chi connectivity index (χ1n) is 7.55. The van der Waals surface area contributed by atoms with Crippen molar-refractivity contribution in [3.05, 3.63) is 23.8 Å². The monoisotopic (exact) mass is 370 g/mol. The molecular formula is C15H19F5N2O3. The summed E-state index contributed by atoms with van der Waals surface area (Å²) in [4.78, 5) is 1.40. The average molecular weight is 370 g/mol. The lowest BCUT2D eigenvalue weighted by Gasteiger charge is -2.39. The van der Waals surface area contributed by atoms with E-state index in [0.717, 1.165) is 18.2 Å². The van der Waals surface area contributed by atoms with Crippen LogP contribution in [0, 0.1) is 0 Å². The van der Waals surface area contributed by atoms with Crippen LogP contribution in [0.25, 0.3) is 0 Å². The Kier molecular flexibility index (Phi) is 6.07. The van der Waals surface area contributed by atoms with Gasteiger partial charge in [0.1, 0.15) is 24.1 Å². The highest BCUT2D eigenvalue weighted by Gasteiger charge is 2.45. The lowest BCUT2D eigenvalue weighted by Crippen LogP contribution is -2.51. The van der Waals surface area contributed by atoms with Crippen LogP contribution in [-0.4, -0.2) is 62.2 Å². The Hall–Kier alpha value is -1.65. The minimum Gasteiger partial charge on any atom is -0.496 e. The molecule has 1 saturated heterocycles. The second kappa shape index (κ2) is 7.71. The van der Waals surface area contributed by atoms with Crippen molar-refractivity contribution in [2.45, 2.75) is 18.3 Å². The van der Waals surface area contributed by atoms with Crippen molar-refractivity contribution >= 4 is 0 Å². The van der Waals surface area contributed by atoms with Gasteiger partial charge >= 0.3 is 6.36 Å². The number of hydrogen-bond donors (Lipinski definition) is 2. The molecular weight excluding hydrogens is 351 g/mol. The number of nitrogens with zero attached hydrogens (tertiary/aromatic N) is 1.